The van der Waals surface area contributed by atoms with Crippen LogP contribution in [0.15, 0.2) is 16.8 Å². The highest BCUT2D eigenvalue weighted by Gasteiger charge is 2.59. The number of nitrogens with one attached hydrogen (secondary N) is 2. The first-order chi connectivity index (χ1) is 16.7. The molecule has 0 saturated heterocycles. The van der Waals surface area contributed by atoms with Crippen LogP contribution in [-0.4, -0.2) is 62.8 Å². The molecule has 3 fully saturated rings. The van der Waals surface area contributed by atoms with Gasteiger partial charge in [-0.15, -0.1) is 0 Å². The topological polar surface area (TPSA) is 83.0 Å². The molecule has 6 atom stereocenters. The number of allylic oxidation sites excluding steroid dienone is 1. The molecule has 0 aromatic heterocycles. The van der Waals surface area contributed by atoms with Gasteiger partial charge in [-0.25, -0.2) is 4.79 Å². The van der Waals surface area contributed by atoms with Crippen LogP contribution in [0.2, 0.25) is 0 Å². The van der Waals surface area contributed by atoms with Gasteiger partial charge in [-0.1, -0.05) is 24.6 Å². The maximum Gasteiger partial charge on any atom is 0.436 e. The summed E-state index contributed by atoms with van der Waals surface area (Å²) in [6, 6.07) is 0. The van der Waals surface area contributed by atoms with E-state index in [9.17, 15) is 9.59 Å². The summed E-state index contributed by atoms with van der Waals surface area (Å²) in [7, 11) is 3.76. The Morgan fingerprint density at radius 1 is 1.06 bits per heavy atom. The summed E-state index contributed by atoms with van der Waals surface area (Å²) in [6.45, 7) is 9.59. The summed E-state index contributed by atoms with van der Waals surface area (Å²) >= 11 is 0. The zero-order chi connectivity index (χ0) is 25.2. The van der Waals surface area contributed by atoms with Gasteiger partial charge in [-0.2, -0.15) is 0 Å². The molecular weight excluding hydrogens is 440 g/mol. The minimum Gasteiger partial charge on any atom is -0.318 e. The minimum atomic E-state index is -0.371. The standard InChI is InChI=1S/C28H46N4O3/c1-19(31-35-26(34)32(16-14-29-4)17-15-30-5)23-8-9-24-22-7-6-20-18-21(33)10-12-27(20,2)25(22)11-13-28(23,24)3/h18,22-25,29-30H,6-17H2,1-5H3/b31-19+/t22-,23+,24-,25-,27-,28+/m0/s1. The minimum absolute atomic E-state index is 0.207. The molecule has 0 unspecified atom stereocenters. The van der Waals surface area contributed by atoms with Crippen LogP contribution in [0.1, 0.15) is 72.1 Å². The molecule has 0 aromatic rings. The number of amides is 1. The van der Waals surface area contributed by atoms with E-state index in [1.165, 1.54) is 31.3 Å². The maximum absolute atomic E-state index is 12.7. The Bertz CT molecular complexity index is 862. The largest absolute Gasteiger partial charge is 0.436 e. The van der Waals surface area contributed by atoms with E-state index >= 15 is 0 Å². The predicted molar refractivity (Wildman–Crippen MR) is 139 cm³/mol. The zero-order valence-electron chi connectivity index (χ0n) is 22.5. The van der Waals surface area contributed by atoms with Crippen LogP contribution < -0.4 is 10.6 Å². The van der Waals surface area contributed by atoms with Crippen LogP contribution in [0.25, 0.3) is 0 Å². The molecule has 0 heterocycles. The Morgan fingerprint density at radius 3 is 2.46 bits per heavy atom. The molecule has 0 spiro atoms. The molecule has 196 valence electrons. The maximum atomic E-state index is 12.7. The molecule has 0 radical (unpaired) electrons. The number of carbonyl (C=O) groups is 2. The number of fused-ring (bicyclic) bond motifs is 5. The highest BCUT2D eigenvalue weighted by Crippen LogP contribution is 2.66. The van der Waals surface area contributed by atoms with Crippen LogP contribution in [-0.2, 0) is 9.63 Å². The monoisotopic (exact) mass is 486 g/mol. The molecule has 4 aliphatic rings. The highest BCUT2D eigenvalue weighted by atomic mass is 16.7. The molecule has 35 heavy (non-hydrogen) atoms. The first-order valence-electron chi connectivity index (χ1n) is 13.8. The van der Waals surface area contributed by atoms with E-state index in [1.807, 2.05) is 20.2 Å². The second-order valence-electron chi connectivity index (χ2n) is 11.9. The van der Waals surface area contributed by atoms with E-state index in [2.05, 4.69) is 36.6 Å². The fourth-order valence-corrected chi connectivity index (χ4v) is 8.27. The molecule has 7 heteroatoms. The Labute approximate surface area is 211 Å². The third-order valence-corrected chi connectivity index (χ3v) is 10.3. The van der Waals surface area contributed by atoms with Gasteiger partial charge in [0.1, 0.15) is 0 Å². The van der Waals surface area contributed by atoms with E-state index in [4.69, 9.17) is 4.84 Å². The molecule has 0 bridgehead atoms. The van der Waals surface area contributed by atoms with Gasteiger partial charge in [0.15, 0.2) is 5.78 Å². The van der Waals surface area contributed by atoms with Gasteiger partial charge in [0.2, 0.25) is 0 Å². The van der Waals surface area contributed by atoms with Crippen molar-refractivity contribution in [2.24, 2.45) is 39.7 Å². The van der Waals surface area contributed by atoms with Crippen molar-refractivity contribution in [2.75, 3.05) is 40.3 Å². The second kappa shape index (κ2) is 10.7. The van der Waals surface area contributed by atoms with Crippen molar-refractivity contribution in [2.45, 2.75) is 72.1 Å². The average Bonchev–Trinajstić information content (AvgIpc) is 3.20. The summed E-state index contributed by atoms with van der Waals surface area (Å²) in [4.78, 5) is 32.0. The Hall–Kier alpha value is -1.73. The fraction of sp³-hybridized carbons (Fsp3) is 0.821. The van der Waals surface area contributed by atoms with E-state index in [0.29, 0.717) is 43.0 Å². The zero-order valence-corrected chi connectivity index (χ0v) is 22.5. The summed E-state index contributed by atoms with van der Waals surface area (Å²) < 4.78 is 0. The number of rotatable bonds is 8. The number of hydrogen-bond acceptors (Lipinski definition) is 6. The van der Waals surface area contributed by atoms with Crippen LogP contribution in [0.5, 0.6) is 0 Å². The number of carbonyl (C=O) groups excluding carboxylic acids is 2. The molecule has 7 nitrogen and oxygen atoms in total. The van der Waals surface area contributed by atoms with Gasteiger partial charge in [-0.05, 0) is 101 Å². The molecule has 4 rings (SSSR count). The third kappa shape index (κ3) is 4.95. The average molecular weight is 487 g/mol. The van der Waals surface area contributed by atoms with Gasteiger partial charge in [0, 0.05) is 38.5 Å². The van der Waals surface area contributed by atoms with Gasteiger partial charge < -0.3 is 15.5 Å². The fourth-order valence-electron chi connectivity index (χ4n) is 8.27. The summed E-state index contributed by atoms with van der Waals surface area (Å²) in [5, 5.41) is 10.6. The van der Waals surface area contributed by atoms with Crippen molar-refractivity contribution < 1.29 is 14.4 Å². The van der Waals surface area contributed by atoms with Gasteiger partial charge in [-0.3, -0.25) is 9.63 Å². The molecule has 2 N–H and O–H groups in total. The SMILES string of the molecule is CNCCN(CCNC)C(=O)O/N=C(\C)[C@H]1CC[C@H]2[C@@H]3CCC4=CC(=O)CC[C@]4(C)[C@H]3CC[C@]12C. The number of nitrogens with zero attached hydrogens (tertiary/aromatic N) is 2. The Morgan fingerprint density at radius 2 is 1.77 bits per heavy atom. The molecule has 0 aliphatic heterocycles. The summed E-state index contributed by atoms with van der Waals surface area (Å²) in [5.41, 5.74) is 2.81. The highest BCUT2D eigenvalue weighted by molar-refractivity contribution is 5.91. The van der Waals surface area contributed by atoms with Crippen molar-refractivity contribution in [3.63, 3.8) is 0 Å². The number of likely N-dealkylation sites (N-methyl/N-ethyl adjacent to an activating group) is 2. The molecule has 3 saturated carbocycles. The summed E-state index contributed by atoms with van der Waals surface area (Å²) in [6.07, 6.45) is 10.4. The van der Waals surface area contributed by atoms with Gasteiger partial charge in [0.05, 0.1) is 5.71 Å². The van der Waals surface area contributed by atoms with Crippen LogP contribution >= 0.6 is 0 Å². The Balaban J connectivity index is 1.44. The van der Waals surface area contributed by atoms with Crippen LogP contribution in [0.4, 0.5) is 4.79 Å². The first-order valence-corrected chi connectivity index (χ1v) is 13.8. The lowest BCUT2D eigenvalue weighted by atomic mass is 9.46. The van der Waals surface area contributed by atoms with Crippen molar-refractivity contribution in [3.05, 3.63) is 11.6 Å². The number of hydrogen-bond donors (Lipinski definition) is 2. The van der Waals surface area contributed by atoms with Gasteiger partial charge in [0.25, 0.3) is 0 Å². The van der Waals surface area contributed by atoms with E-state index in [0.717, 1.165) is 44.0 Å². The lowest BCUT2D eigenvalue weighted by Crippen LogP contribution is -2.51. The summed E-state index contributed by atoms with van der Waals surface area (Å²) in [5.74, 6) is 2.79. The van der Waals surface area contributed by atoms with Crippen molar-refractivity contribution >= 4 is 17.6 Å². The lowest BCUT2D eigenvalue weighted by molar-refractivity contribution is -0.117. The molecule has 4 aliphatic carbocycles. The molecule has 1 amide bonds. The van der Waals surface area contributed by atoms with Crippen LogP contribution in [0, 0.1) is 34.5 Å². The lowest BCUT2D eigenvalue weighted by Gasteiger charge is -2.58. The number of oxime groups is 1. The smallest absolute Gasteiger partial charge is 0.318 e. The van der Waals surface area contributed by atoms with Crippen molar-refractivity contribution in [1.82, 2.24) is 15.5 Å². The van der Waals surface area contributed by atoms with E-state index < -0.39 is 0 Å². The van der Waals surface area contributed by atoms with Crippen LogP contribution in [0.3, 0.4) is 0 Å². The van der Waals surface area contributed by atoms with Gasteiger partial charge >= 0.3 is 6.09 Å². The van der Waals surface area contributed by atoms with Crippen molar-refractivity contribution in [1.29, 1.82) is 0 Å². The van der Waals surface area contributed by atoms with Crippen molar-refractivity contribution in [3.8, 4) is 0 Å². The van der Waals surface area contributed by atoms with E-state index in [1.54, 1.807) is 4.90 Å². The Kier molecular flexibility index (Phi) is 8.06. The van der Waals surface area contributed by atoms with E-state index in [-0.39, 0.29) is 16.9 Å². The quantitative estimate of drug-likeness (QED) is 0.302. The number of ketones is 1. The normalized spacial score (nSPS) is 36.7. The molecule has 0 aromatic carbocycles. The first kappa shape index (κ1) is 26.3. The predicted octanol–water partition coefficient (Wildman–Crippen LogP) is 4.39. The third-order valence-electron chi connectivity index (χ3n) is 10.3. The molecular formula is C28H46N4O3. The second-order valence-corrected chi connectivity index (χ2v) is 11.9.